The fourth-order valence-electron chi connectivity index (χ4n) is 2.10. The predicted molar refractivity (Wildman–Crippen MR) is 72.9 cm³/mol. The van der Waals surface area contributed by atoms with E-state index < -0.39 is 11.6 Å². The van der Waals surface area contributed by atoms with Gasteiger partial charge in [0.15, 0.2) is 0 Å². The molecule has 0 radical (unpaired) electrons. The van der Waals surface area contributed by atoms with Gasteiger partial charge < -0.3 is 5.32 Å². The first-order chi connectivity index (χ1) is 9.20. The lowest BCUT2D eigenvalue weighted by molar-refractivity contribution is 0.558. The number of hydrogen-bond acceptors (Lipinski definition) is 1. The van der Waals surface area contributed by atoms with Gasteiger partial charge in [0.25, 0.3) is 0 Å². The van der Waals surface area contributed by atoms with Gasteiger partial charge in [0, 0.05) is 6.07 Å². The summed E-state index contributed by atoms with van der Waals surface area (Å²) in [5, 5.41) is 3.32. The van der Waals surface area contributed by atoms with Crippen molar-refractivity contribution in [2.75, 3.05) is 6.54 Å². The molecule has 1 unspecified atom stereocenters. The summed E-state index contributed by atoms with van der Waals surface area (Å²) in [5.41, 5.74) is 1.61. The Morgan fingerprint density at radius 2 is 1.58 bits per heavy atom. The van der Waals surface area contributed by atoms with Gasteiger partial charge in [-0.2, -0.15) is 0 Å². The maximum Gasteiger partial charge on any atom is 0.126 e. The standard InChI is InChI=1S/C16H17F2N/c1-2-8-19-16(12-6-4-3-5-7-12)13-9-14(17)11-15(18)10-13/h3-7,9-11,16,19H,2,8H2,1H3. The van der Waals surface area contributed by atoms with Crippen molar-refractivity contribution >= 4 is 0 Å². The van der Waals surface area contributed by atoms with Crippen LogP contribution in [0.2, 0.25) is 0 Å². The molecule has 2 aromatic carbocycles. The van der Waals surface area contributed by atoms with Gasteiger partial charge in [-0.15, -0.1) is 0 Å². The zero-order valence-corrected chi connectivity index (χ0v) is 10.9. The summed E-state index contributed by atoms with van der Waals surface area (Å²) in [5.74, 6) is -1.09. The quantitative estimate of drug-likeness (QED) is 0.856. The number of rotatable bonds is 5. The lowest BCUT2D eigenvalue weighted by atomic mass is 9.98. The van der Waals surface area contributed by atoms with E-state index in [0.29, 0.717) is 5.56 Å². The summed E-state index contributed by atoms with van der Waals surface area (Å²) in [4.78, 5) is 0. The lowest BCUT2D eigenvalue weighted by Crippen LogP contribution is -2.23. The maximum atomic E-state index is 13.4. The van der Waals surface area contributed by atoms with E-state index in [4.69, 9.17) is 0 Å². The van der Waals surface area contributed by atoms with Crippen LogP contribution in [0.1, 0.15) is 30.5 Å². The van der Waals surface area contributed by atoms with Crippen LogP contribution in [0.25, 0.3) is 0 Å². The molecule has 0 aromatic heterocycles. The Morgan fingerprint density at radius 1 is 0.947 bits per heavy atom. The SMILES string of the molecule is CCCNC(c1ccccc1)c1cc(F)cc(F)c1. The molecule has 0 fully saturated rings. The molecule has 0 aliphatic rings. The third-order valence-electron chi connectivity index (χ3n) is 2.95. The van der Waals surface area contributed by atoms with Gasteiger partial charge in [0.1, 0.15) is 11.6 Å². The van der Waals surface area contributed by atoms with E-state index in [1.165, 1.54) is 12.1 Å². The smallest absolute Gasteiger partial charge is 0.126 e. The zero-order chi connectivity index (χ0) is 13.7. The first-order valence-electron chi connectivity index (χ1n) is 6.45. The van der Waals surface area contributed by atoms with Crippen LogP contribution in [0.15, 0.2) is 48.5 Å². The van der Waals surface area contributed by atoms with Crippen molar-refractivity contribution in [3.63, 3.8) is 0 Å². The van der Waals surface area contributed by atoms with Crippen molar-refractivity contribution in [2.24, 2.45) is 0 Å². The van der Waals surface area contributed by atoms with Crippen LogP contribution in [0.4, 0.5) is 8.78 Å². The van der Waals surface area contributed by atoms with Gasteiger partial charge in [-0.1, -0.05) is 37.3 Å². The first kappa shape index (κ1) is 13.7. The second kappa shape index (κ2) is 6.43. The third-order valence-corrected chi connectivity index (χ3v) is 2.95. The number of halogens is 2. The van der Waals surface area contributed by atoms with Crippen molar-refractivity contribution in [3.05, 3.63) is 71.3 Å². The minimum absolute atomic E-state index is 0.189. The molecule has 100 valence electrons. The van der Waals surface area contributed by atoms with Crippen LogP contribution in [-0.4, -0.2) is 6.54 Å². The van der Waals surface area contributed by atoms with Crippen molar-refractivity contribution in [2.45, 2.75) is 19.4 Å². The Kier molecular flexibility index (Phi) is 4.63. The molecule has 2 aromatic rings. The molecule has 0 aliphatic heterocycles. The van der Waals surface area contributed by atoms with Crippen molar-refractivity contribution in [1.82, 2.24) is 5.32 Å². The average molecular weight is 261 g/mol. The van der Waals surface area contributed by atoms with E-state index in [2.05, 4.69) is 12.2 Å². The average Bonchev–Trinajstić information content (AvgIpc) is 2.39. The molecule has 0 amide bonds. The van der Waals surface area contributed by atoms with Gasteiger partial charge in [-0.05, 0) is 36.2 Å². The second-order valence-corrected chi connectivity index (χ2v) is 4.50. The molecule has 1 N–H and O–H groups in total. The summed E-state index contributed by atoms with van der Waals surface area (Å²) in [6, 6.07) is 13.1. The Hall–Kier alpha value is -1.74. The summed E-state index contributed by atoms with van der Waals surface area (Å²) >= 11 is 0. The monoisotopic (exact) mass is 261 g/mol. The number of benzene rings is 2. The van der Waals surface area contributed by atoms with Crippen LogP contribution in [0.3, 0.4) is 0 Å². The Morgan fingerprint density at radius 3 is 2.16 bits per heavy atom. The Labute approximate surface area is 112 Å². The minimum atomic E-state index is -0.547. The number of nitrogens with one attached hydrogen (secondary N) is 1. The van der Waals surface area contributed by atoms with E-state index in [1.54, 1.807) is 0 Å². The molecule has 0 heterocycles. The van der Waals surface area contributed by atoms with E-state index in [0.717, 1.165) is 24.6 Å². The first-order valence-corrected chi connectivity index (χ1v) is 6.45. The topological polar surface area (TPSA) is 12.0 Å². The highest BCUT2D eigenvalue weighted by Crippen LogP contribution is 2.23. The van der Waals surface area contributed by atoms with Crippen LogP contribution in [0.5, 0.6) is 0 Å². The van der Waals surface area contributed by atoms with E-state index >= 15 is 0 Å². The highest BCUT2D eigenvalue weighted by molar-refractivity contribution is 5.32. The number of hydrogen-bond donors (Lipinski definition) is 1. The summed E-state index contributed by atoms with van der Waals surface area (Å²) in [6.07, 6.45) is 0.959. The van der Waals surface area contributed by atoms with Gasteiger partial charge >= 0.3 is 0 Å². The molecule has 1 nitrogen and oxygen atoms in total. The molecule has 19 heavy (non-hydrogen) atoms. The second-order valence-electron chi connectivity index (χ2n) is 4.50. The van der Waals surface area contributed by atoms with Crippen molar-refractivity contribution < 1.29 is 8.78 Å². The molecule has 0 bridgehead atoms. The maximum absolute atomic E-state index is 13.4. The van der Waals surface area contributed by atoms with E-state index in [-0.39, 0.29) is 6.04 Å². The summed E-state index contributed by atoms with van der Waals surface area (Å²) in [7, 11) is 0. The zero-order valence-electron chi connectivity index (χ0n) is 10.9. The van der Waals surface area contributed by atoms with Crippen LogP contribution in [-0.2, 0) is 0 Å². The fraction of sp³-hybridized carbons (Fsp3) is 0.250. The normalized spacial score (nSPS) is 12.4. The van der Waals surface area contributed by atoms with Crippen LogP contribution >= 0.6 is 0 Å². The molecular formula is C16H17F2N. The molecule has 0 aliphatic carbocycles. The molecule has 0 saturated carbocycles. The largest absolute Gasteiger partial charge is 0.306 e. The molecule has 3 heteroatoms. The van der Waals surface area contributed by atoms with Crippen LogP contribution in [0, 0.1) is 11.6 Å². The Bertz CT molecular complexity index is 505. The van der Waals surface area contributed by atoms with Gasteiger partial charge in [0.05, 0.1) is 6.04 Å². The van der Waals surface area contributed by atoms with Crippen LogP contribution < -0.4 is 5.32 Å². The molecule has 0 spiro atoms. The fourth-order valence-corrected chi connectivity index (χ4v) is 2.10. The predicted octanol–water partition coefficient (Wildman–Crippen LogP) is 4.05. The van der Waals surface area contributed by atoms with Gasteiger partial charge in [-0.25, -0.2) is 8.78 Å². The molecule has 0 saturated heterocycles. The highest BCUT2D eigenvalue weighted by Gasteiger charge is 2.14. The van der Waals surface area contributed by atoms with Gasteiger partial charge in [0.2, 0.25) is 0 Å². The Balaban J connectivity index is 2.36. The van der Waals surface area contributed by atoms with E-state index in [1.807, 2.05) is 30.3 Å². The minimum Gasteiger partial charge on any atom is -0.306 e. The summed E-state index contributed by atoms with van der Waals surface area (Å²) in [6.45, 7) is 2.85. The molecule has 1 atom stereocenters. The lowest BCUT2D eigenvalue weighted by Gasteiger charge is -2.19. The van der Waals surface area contributed by atoms with E-state index in [9.17, 15) is 8.78 Å². The molecular weight excluding hydrogens is 244 g/mol. The van der Waals surface area contributed by atoms with Gasteiger partial charge in [-0.3, -0.25) is 0 Å². The van der Waals surface area contributed by atoms with Crippen molar-refractivity contribution in [3.8, 4) is 0 Å². The molecule has 2 rings (SSSR count). The third kappa shape index (κ3) is 3.61. The highest BCUT2D eigenvalue weighted by atomic mass is 19.1. The summed E-state index contributed by atoms with van der Waals surface area (Å²) < 4.78 is 26.7. The van der Waals surface area contributed by atoms with Crippen molar-refractivity contribution in [1.29, 1.82) is 0 Å².